The minimum Gasteiger partial charge on any atom is -0.436 e. The average molecular weight is 314 g/mol. The third-order valence-corrected chi connectivity index (χ3v) is 4.78. The average Bonchev–Trinajstić information content (AvgIpc) is 2.69. The number of halogens is 1. The zero-order valence-electron chi connectivity index (χ0n) is 12.6. The number of nitrogens with two attached hydrogens (primary N) is 1. The Kier molecular flexibility index (Phi) is 4.94. The van der Waals surface area contributed by atoms with Gasteiger partial charge in [-0.15, -0.1) is 12.4 Å². The van der Waals surface area contributed by atoms with E-state index >= 15 is 0 Å². The van der Waals surface area contributed by atoms with Crippen molar-refractivity contribution in [3.05, 3.63) is 17.3 Å². The molecule has 3 N–H and O–H groups in total. The fraction of sp³-hybridized carbons (Fsp3) is 0.733. The Bertz CT molecular complexity index is 503. The van der Waals surface area contributed by atoms with Gasteiger partial charge < -0.3 is 15.5 Å². The van der Waals surface area contributed by atoms with Gasteiger partial charge in [-0.3, -0.25) is 4.79 Å². The van der Waals surface area contributed by atoms with Gasteiger partial charge in [0, 0.05) is 19.0 Å². The van der Waals surface area contributed by atoms with E-state index in [9.17, 15) is 4.79 Å². The predicted molar refractivity (Wildman–Crippen MR) is 82.5 cm³/mol. The summed E-state index contributed by atoms with van der Waals surface area (Å²) in [6.45, 7) is 3.57. The number of carbonyl (C=O) groups is 1. The molecule has 1 aromatic rings. The maximum atomic E-state index is 12.4. The Balaban J connectivity index is 0.00000161. The molecular weight excluding hydrogens is 290 g/mol. The lowest BCUT2D eigenvalue weighted by atomic mass is 9.67. The van der Waals surface area contributed by atoms with Crippen LogP contribution in [0.3, 0.4) is 0 Å². The van der Waals surface area contributed by atoms with Gasteiger partial charge in [-0.2, -0.15) is 0 Å². The number of carbonyl (C=O) groups excluding carboxylic acids is 1. The van der Waals surface area contributed by atoms with Crippen LogP contribution in [0, 0.1) is 25.7 Å². The second-order valence-corrected chi connectivity index (χ2v) is 6.33. The standard InChI is InChI=1S/C15H23N3O2.ClH/c1-8-14(20-9(2)17-8)15(19)18-13-10-4-3-5-11(13)7-12(16)6-10;/h10-13H,3-7,16H2,1-2H3,(H,18,19);1H. The molecular formula is C15H24ClN3O2. The van der Waals surface area contributed by atoms with Crippen molar-refractivity contribution >= 4 is 18.3 Å². The molecule has 1 amide bonds. The monoisotopic (exact) mass is 313 g/mol. The highest BCUT2D eigenvalue weighted by Gasteiger charge is 2.40. The number of amides is 1. The molecule has 2 bridgehead atoms. The maximum Gasteiger partial charge on any atom is 0.289 e. The fourth-order valence-electron chi connectivity index (χ4n) is 3.98. The molecule has 6 heteroatoms. The first kappa shape index (κ1) is 16.3. The maximum absolute atomic E-state index is 12.4. The Morgan fingerprint density at radius 1 is 1.29 bits per heavy atom. The number of fused-ring (bicyclic) bond motifs is 2. The number of aryl methyl sites for hydroxylation is 2. The van der Waals surface area contributed by atoms with Gasteiger partial charge >= 0.3 is 0 Å². The Hall–Kier alpha value is -1.07. The highest BCUT2D eigenvalue weighted by Crippen LogP contribution is 2.39. The van der Waals surface area contributed by atoms with Crippen molar-refractivity contribution in [2.45, 2.75) is 58.0 Å². The van der Waals surface area contributed by atoms with Crippen molar-refractivity contribution in [1.82, 2.24) is 10.3 Å². The summed E-state index contributed by atoms with van der Waals surface area (Å²) in [6, 6.07) is 0.550. The van der Waals surface area contributed by atoms with Crippen LogP contribution in [0.2, 0.25) is 0 Å². The van der Waals surface area contributed by atoms with Gasteiger partial charge in [0.05, 0.1) is 5.69 Å². The van der Waals surface area contributed by atoms with Crippen LogP contribution < -0.4 is 11.1 Å². The summed E-state index contributed by atoms with van der Waals surface area (Å²) in [5.74, 6) is 1.81. The number of hydrogen-bond acceptors (Lipinski definition) is 4. The molecule has 3 rings (SSSR count). The van der Waals surface area contributed by atoms with Crippen LogP contribution in [0.4, 0.5) is 0 Å². The van der Waals surface area contributed by atoms with Crippen molar-refractivity contribution in [2.75, 3.05) is 0 Å². The molecule has 2 atom stereocenters. The molecule has 21 heavy (non-hydrogen) atoms. The van der Waals surface area contributed by atoms with Gasteiger partial charge in [0.2, 0.25) is 5.76 Å². The molecule has 0 radical (unpaired) electrons. The molecule has 0 saturated heterocycles. The van der Waals surface area contributed by atoms with Crippen LogP contribution in [-0.4, -0.2) is 23.0 Å². The van der Waals surface area contributed by atoms with E-state index in [1.54, 1.807) is 6.92 Å². The highest BCUT2D eigenvalue weighted by molar-refractivity contribution is 5.92. The van der Waals surface area contributed by atoms with Gasteiger partial charge in [-0.1, -0.05) is 6.42 Å². The van der Waals surface area contributed by atoms with E-state index in [0.717, 1.165) is 12.8 Å². The third kappa shape index (κ3) is 3.24. The normalized spacial score (nSPS) is 31.4. The predicted octanol–water partition coefficient (Wildman–Crippen LogP) is 2.35. The van der Waals surface area contributed by atoms with E-state index in [0.29, 0.717) is 35.2 Å². The van der Waals surface area contributed by atoms with Gasteiger partial charge in [-0.25, -0.2) is 4.98 Å². The van der Waals surface area contributed by atoms with Crippen molar-refractivity contribution in [3.8, 4) is 0 Å². The second kappa shape index (κ2) is 6.36. The minimum absolute atomic E-state index is 0. The summed E-state index contributed by atoms with van der Waals surface area (Å²) in [6.07, 6.45) is 5.65. The topological polar surface area (TPSA) is 81.2 Å². The fourth-order valence-corrected chi connectivity index (χ4v) is 3.98. The first-order valence-electron chi connectivity index (χ1n) is 7.55. The van der Waals surface area contributed by atoms with Gasteiger partial charge in [0.15, 0.2) is 5.89 Å². The van der Waals surface area contributed by atoms with Crippen LogP contribution in [0.15, 0.2) is 4.42 Å². The molecule has 1 heterocycles. The first-order valence-corrected chi connectivity index (χ1v) is 7.55. The molecule has 0 aromatic carbocycles. The Labute approximate surface area is 131 Å². The summed E-state index contributed by atoms with van der Waals surface area (Å²) >= 11 is 0. The zero-order chi connectivity index (χ0) is 14.3. The first-order chi connectivity index (χ1) is 9.54. The van der Waals surface area contributed by atoms with Crippen molar-refractivity contribution < 1.29 is 9.21 Å². The van der Waals surface area contributed by atoms with Crippen LogP contribution in [0.1, 0.15) is 54.2 Å². The highest BCUT2D eigenvalue weighted by atomic mass is 35.5. The summed E-state index contributed by atoms with van der Waals surface area (Å²) in [7, 11) is 0. The lowest BCUT2D eigenvalue weighted by Gasteiger charge is -2.45. The molecule has 5 nitrogen and oxygen atoms in total. The molecule has 2 unspecified atom stereocenters. The number of nitrogens with one attached hydrogen (secondary N) is 1. The summed E-state index contributed by atoms with van der Waals surface area (Å²) in [4.78, 5) is 16.5. The van der Waals surface area contributed by atoms with Crippen LogP contribution in [-0.2, 0) is 0 Å². The number of hydrogen-bond donors (Lipinski definition) is 2. The van der Waals surface area contributed by atoms with Gasteiger partial charge in [-0.05, 0) is 44.4 Å². The lowest BCUT2D eigenvalue weighted by molar-refractivity contribution is 0.0730. The summed E-state index contributed by atoms with van der Waals surface area (Å²) in [5.41, 5.74) is 6.78. The van der Waals surface area contributed by atoms with E-state index in [1.165, 1.54) is 19.3 Å². The quantitative estimate of drug-likeness (QED) is 0.878. The van der Waals surface area contributed by atoms with Crippen LogP contribution >= 0.6 is 12.4 Å². The molecule has 118 valence electrons. The van der Waals surface area contributed by atoms with E-state index in [4.69, 9.17) is 10.2 Å². The number of aromatic nitrogens is 1. The summed E-state index contributed by atoms with van der Waals surface area (Å²) < 4.78 is 5.41. The van der Waals surface area contributed by atoms with Crippen molar-refractivity contribution in [1.29, 1.82) is 0 Å². The van der Waals surface area contributed by atoms with Gasteiger partial charge in [0.1, 0.15) is 0 Å². The van der Waals surface area contributed by atoms with E-state index in [2.05, 4.69) is 10.3 Å². The SMILES string of the molecule is Cc1nc(C)c(C(=O)NC2C3CCCC2CC(N)C3)o1.Cl. The van der Waals surface area contributed by atoms with Crippen molar-refractivity contribution in [3.63, 3.8) is 0 Å². The van der Waals surface area contributed by atoms with Crippen molar-refractivity contribution in [2.24, 2.45) is 17.6 Å². The second-order valence-electron chi connectivity index (χ2n) is 6.33. The zero-order valence-corrected chi connectivity index (χ0v) is 13.4. The molecule has 0 spiro atoms. The van der Waals surface area contributed by atoms with Crippen LogP contribution in [0.5, 0.6) is 0 Å². The molecule has 2 aliphatic carbocycles. The number of nitrogens with zero attached hydrogens (tertiary/aromatic N) is 1. The largest absolute Gasteiger partial charge is 0.436 e. The Morgan fingerprint density at radius 2 is 1.90 bits per heavy atom. The molecule has 0 aliphatic heterocycles. The molecule has 2 saturated carbocycles. The third-order valence-electron chi connectivity index (χ3n) is 4.78. The number of rotatable bonds is 2. The summed E-state index contributed by atoms with van der Waals surface area (Å²) in [5, 5.41) is 3.18. The Morgan fingerprint density at radius 3 is 2.43 bits per heavy atom. The molecule has 1 aromatic heterocycles. The molecule has 2 fully saturated rings. The van der Waals surface area contributed by atoms with Gasteiger partial charge in [0.25, 0.3) is 5.91 Å². The van der Waals surface area contributed by atoms with E-state index in [-0.39, 0.29) is 24.4 Å². The molecule has 2 aliphatic rings. The number of oxazole rings is 1. The minimum atomic E-state index is -0.125. The smallest absolute Gasteiger partial charge is 0.289 e. The van der Waals surface area contributed by atoms with E-state index in [1.807, 2.05) is 6.92 Å². The van der Waals surface area contributed by atoms with Crippen LogP contribution in [0.25, 0.3) is 0 Å². The van der Waals surface area contributed by atoms with E-state index < -0.39 is 0 Å². The lowest BCUT2D eigenvalue weighted by Crippen LogP contribution is -2.53.